The average molecular weight is 224 g/mol. The van der Waals surface area contributed by atoms with Gasteiger partial charge in [-0.15, -0.1) is 12.4 Å². The van der Waals surface area contributed by atoms with Gasteiger partial charge >= 0.3 is 0 Å². The van der Waals surface area contributed by atoms with Crippen LogP contribution in [0, 0.1) is 0 Å². The summed E-state index contributed by atoms with van der Waals surface area (Å²) in [5.74, 6) is 0.291. The lowest BCUT2D eigenvalue weighted by Gasteiger charge is -2.27. The van der Waals surface area contributed by atoms with Crippen LogP contribution in [-0.2, 0) is 6.54 Å². The number of hydrogen-bond acceptors (Lipinski definition) is 2. The Bertz CT molecular complexity index is 387. The minimum atomic E-state index is 0. The van der Waals surface area contributed by atoms with E-state index >= 15 is 0 Å². The first-order valence-electron chi connectivity index (χ1n) is 5.20. The SMILES string of the molecule is Cl.O=C1CN(C2CC2)Cc2ccccc21. The highest BCUT2D eigenvalue weighted by Crippen LogP contribution is 2.31. The summed E-state index contributed by atoms with van der Waals surface area (Å²) in [5.41, 5.74) is 2.14. The van der Waals surface area contributed by atoms with Crippen LogP contribution < -0.4 is 0 Å². The number of halogens is 1. The van der Waals surface area contributed by atoms with Crippen molar-refractivity contribution in [2.45, 2.75) is 25.4 Å². The molecule has 2 aliphatic rings. The lowest BCUT2D eigenvalue weighted by Crippen LogP contribution is -2.36. The van der Waals surface area contributed by atoms with Crippen LogP contribution in [-0.4, -0.2) is 23.3 Å². The molecule has 0 bridgehead atoms. The molecule has 1 aromatic carbocycles. The summed E-state index contributed by atoms with van der Waals surface area (Å²) >= 11 is 0. The quantitative estimate of drug-likeness (QED) is 0.728. The predicted octanol–water partition coefficient (Wildman–Crippen LogP) is 2.27. The molecular weight excluding hydrogens is 210 g/mol. The maximum atomic E-state index is 11.8. The van der Waals surface area contributed by atoms with E-state index in [-0.39, 0.29) is 12.4 Å². The molecule has 0 spiro atoms. The number of hydrogen-bond donors (Lipinski definition) is 0. The summed E-state index contributed by atoms with van der Waals surface area (Å²) in [6, 6.07) is 8.67. The Kier molecular flexibility index (Phi) is 2.81. The topological polar surface area (TPSA) is 20.3 Å². The van der Waals surface area contributed by atoms with E-state index in [0.717, 1.165) is 12.1 Å². The van der Waals surface area contributed by atoms with E-state index in [4.69, 9.17) is 0 Å². The number of fused-ring (bicyclic) bond motifs is 1. The van der Waals surface area contributed by atoms with Crippen molar-refractivity contribution >= 4 is 18.2 Å². The normalized spacial score (nSPS) is 20.7. The Labute approximate surface area is 95.7 Å². The molecule has 0 amide bonds. The van der Waals surface area contributed by atoms with Gasteiger partial charge < -0.3 is 0 Å². The van der Waals surface area contributed by atoms with Crippen molar-refractivity contribution in [1.82, 2.24) is 4.90 Å². The second-order valence-electron chi connectivity index (χ2n) is 4.22. The van der Waals surface area contributed by atoms with Gasteiger partial charge in [-0.3, -0.25) is 9.69 Å². The van der Waals surface area contributed by atoms with E-state index in [2.05, 4.69) is 11.0 Å². The van der Waals surface area contributed by atoms with E-state index < -0.39 is 0 Å². The first kappa shape index (κ1) is 10.7. The van der Waals surface area contributed by atoms with Crippen LogP contribution >= 0.6 is 12.4 Å². The summed E-state index contributed by atoms with van der Waals surface area (Å²) in [4.78, 5) is 14.1. The largest absolute Gasteiger partial charge is 0.293 e. The van der Waals surface area contributed by atoms with Crippen LogP contribution in [0.1, 0.15) is 28.8 Å². The smallest absolute Gasteiger partial charge is 0.177 e. The number of rotatable bonds is 1. The minimum absolute atomic E-state index is 0. The lowest BCUT2D eigenvalue weighted by molar-refractivity contribution is 0.0893. The van der Waals surface area contributed by atoms with Gasteiger partial charge in [0.25, 0.3) is 0 Å². The van der Waals surface area contributed by atoms with E-state index in [9.17, 15) is 4.79 Å². The van der Waals surface area contributed by atoms with Crippen molar-refractivity contribution in [1.29, 1.82) is 0 Å². The third-order valence-corrected chi connectivity index (χ3v) is 3.10. The van der Waals surface area contributed by atoms with Crippen molar-refractivity contribution in [3.63, 3.8) is 0 Å². The van der Waals surface area contributed by atoms with Crippen LogP contribution in [0.5, 0.6) is 0 Å². The Morgan fingerprint density at radius 3 is 2.60 bits per heavy atom. The molecule has 1 aliphatic carbocycles. The highest BCUT2D eigenvalue weighted by molar-refractivity contribution is 5.99. The van der Waals surface area contributed by atoms with Crippen molar-refractivity contribution in [3.05, 3.63) is 35.4 Å². The molecule has 0 atom stereocenters. The second-order valence-corrected chi connectivity index (χ2v) is 4.22. The van der Waals surface area contributed by atoms with Crippen molar-refractivity contribution in [2.75, 3.05) is 6.54 Å². The summed E-state index contributed by atoms with van der Waals surface area (Å²) < 4.78 is 0. The third kappa shape index (κ3) is 1.92. The third-order valence-electron chi connectivity index (χ3n) is 3.10. The highest BCUT2D eigenvalue weighted by Gasteiger charge is 2.33. The van der Waals surface area contributed by atoms with E-state index in [1.165, 1.54) is 18.4 Å². The number of benzene rings is 1. The zero-order valence-electron chi connectivity index (χ0n) is 8.48. The molecule has 0 radical (unpaired) electrons. The summed E-state index contributed by atoms with van der Waals surface area (Å²) in [7, 11) is 0. The van der Waals surface area contributed by atoms with Gasteiger partial charge in [-0.25, -0.2) is 0 Å². The fourth-order valence-electron chi connectivity index (χ4n) is 2.17. The van der Waals surface area contributed by atoms with Crippen LogP contribution in [0.4, 0.5) is 0 Å². The Balaban J connectivity index is 0.000000853. The highest BCUT2D eigenvalue weighted by atomic mass is 35.5. The second kappa shape index (κ2) is 3.95. The Morgan fingerprint density at radius 1 is 1.13 bits per heavy atom. The first-order valence-corrected chi connectivity index (χ1v) is 5.20. The van der Waals surface area contributed by atoms with Crippen molar-refractivity contribution in [2.24, 2.45) is 0 Å². The molecule has 2 nitrogen and oxygen atoms in total. The van der Waals surface area contributed by atoms with Crippen LogP contribution in [0.2, 0.25) is 0 Å². The molecule has 1 aromatic rings. The molecule has 80 valence electrons. The van der Waals surface area contributed by atoms with E-state index in [1.54, 1.807) is 0 Å². The lowest BCUT2D eigenvalue weighted by atomic mass is 9.99. The Hall–Kier alpha value is -0.860. The fourth-order valence-corrected chi connectivity index (χ4v) is 2.17. The maximum Gasteiger partial charge on any atom is 0.177 e. The summed E-state index contributed by atoms with van der Waals surface area (Å²) in [6.07, 6.45) is 2.55. The van der Waals surface area contributed by atoms with Crippen molar-refractivity contribution in [3.8, 4) is 0 Å². The first-order chi connectivity index (χ1) is 6.84. The molecular formula is C12H14ClNO. The fraction of sp³-hybridized carbons (Fsp3) is 0.417. The zero-order valence-corrected chi connectivity index (χ0v) is 9.30. The molecule has 1 fully saturated rings. The van der Waals surface area contributed by atoms with Crippen LogP contribution in [0.25, 0.3) is 0 Å². The minimum Gasteiger partial charge on any atom is -0.293 e. The monoisotopic (exact) mass is 223 g/mol. The zero-order chi connectivity index (χ0) is 9.54. The molecule has 0 N–H and O–H groups in total. The van der Waals surface area contributed by atoms with Gasteiger partial charge in [-0.2, -0.15) is 0 Å². The number of nitrogens with zero attached hydrogens (tertiary/aromatic N) is 1. The predicted molar refractivity (Wildman–Crippen MR) is 61.5 cm³/mol. The molecule has 1 heterocycles. The number of ketones is 1. The van der Waals surface area contributed by atoms with Gasteiger partial charge in [-0.1, -0.05) is 24.3 Å². The molecule has 15 heavy (non-hydrogen) atoms. The molecule has 3 rings (SSSR count). The summed E-state index contributed by atoms with van der Waals surface area (Å²) in [5, 5.41) is 0. The van der Waals surface area contributed by atoms with Gasteiger partial charge in [0.05, 0.1) is 6.54 Å². The summed E-state index contributed by atoms with van der Waals surface area (Å²) in [6.45, 7) is 1.59. The van der Waals surface area contributed by atoms with Gasteiger partial charge in [-0.05, 0) is 18.4 Å². The van der Waals surface area contributed by atoms with Crippen LogP contribution in [0.15, 0.2) is 24.3 Å². The average Bonchev–Trinajstić information content (AvgIpc) is 3.01. The van der Waals surface area contributed by atoms with Crippen molar-refractivity contribution < 1.29 is 4.79 Å². The molecule has 0 saturated heterocycles. The van der Waals surface area contributed by atoms with Gasteiger partial charge in [0.1, 0.15) is 0 Å². The van der Waals surface area contributed by atoms with E-state index in [0.29, 0.717) is 18.4 Å². The Morgan fingerprint density at radius 2 is 1.87 bits per heavy atom. The van der Waals surface area contributed by atoms with E-state index in [1.807, 2.05) is 18.2 Å². The molecule has 0 aromatic heterocycles. The van der Waals surface area contributed by atoms with Gasteiger partial charge in [0, 0.05) is 18.2 Å². The number of carbonyl (C=O) groups excluding carboxylic acids is 1. The number of Topliss-reactive ketones (excluding diaryl/α,β-unsaturated/α-hetero) is 1. The maximum absolute atomic E-state index is 11.8. The van der Waals surface area contributed by atoms with Gasteiger partial charge in [0.2, 0.25) is 0 Å². The molecule has 0 unspecified atom stereocenters. The molecule has 1 saturated carbocycles. The molecule has 3 heteroatoms. The standard InChI is InChI=1S/C12H13NO.ClH/c14-12-8-13(10-5-6-10)7-9-3-1-2-4-11(9)12;/h1-4,10H,5-8H2;1H. The van der Waals surface area contributed by atoms with Crippen LogP contribution in [0.3, 0.4) is 0 Å². The molecule has 1 aliphatic heterocycles. The van der Waals surface area contributed by atoms with Gasteiger partial charge in [0.15, 0.2) is 5.78 Å². The number of carbonyl (C=O) groups is 1.